The third-order valence-electron chi connectivity index (χ3n) is 4.24. The predicted octanol–water partition coefficient (Wildman–Crippen LogP) is 3.85. The SMILES string of the molecule is CN(Cc1ccc(Cl)cc1Cl)C(=O)CN1CCOc2ccccc2C1. The largest absolute Gasteiger partial charge is 0.492 e. The van der Waals surface area contributed by atoms with Crippen molar-refractivity contribution >= 4 is 29.1 Å². The van der Waals surface area contributed by atoms with Gasteiger partial charge >= 0.3 is 0 Å². The molecule has 1 amide bonds. The Morgan fingerprint density at radius 2 is 2.04 bits per heavy atom. The van der Waals surface area contributed by atoms with E-state index < -0.39 is 0 Å². The topological polar surface area (TPSA) is 32.8 Å². The van der Waals surface area contributed by atoms with Gasteiger partial charge in [-0.25, -0.2) is 0 Å². The molecule has 0 aromatic heterocycles. The minimum absolute atomic E-state index is 0.0467. The molecule has 0 atom stereocenters. The Hall–Kier alpha value is -1.75. The number of ether oxygens (including phenoxy) is 1. The van der Waals surface area contributed by atoms with Crippen molar-refractivity contribution in [3.8, 4) is 5.75 Å². The first-order valence-electron chi connectivity index (χ1n) is 8.14. The lowest BCUT2D eigenvalue weighted by molar-refractivity contribution is -0.131. The van der Waals surface area contributed by atoms with Gasteiger partial charge < -0.3 is 9.64 Å². The average molecular weight is 379 g/mol. The Kier molecular flexibility index (Phi) is 5.84. The summed E-state index contributed by atoms with van der Waals surface area (Å²) in [5.41, 5.74) is 1.99. The van der Waals surface area contributed by atoms with E-state index >= 15 is 0 Å². The van der Waals surface area contributed by atoms with Crippen molar-refractivity contribution in [2.24, 2.45) is 0 Å². The highest BCUT2D eigenvalue weighted by molar-refractivity contribution is 6.35. The smallest absolute Gasteiger partial charge is 0.236 e. The molecule has 0 spiro atoms. The molecule has 132 valence electrons. The van der Waals surface area contributed by atoms with E-state index in [0.717, 1.165) is 23.4 Å². The van der Waals surface area contributed by atoms with Gasteiger partial charge in [-0.05, 0) is 23.8 Å². The van der Waals surface area contributed by atoms with E-state index in [0.29, 0.717) is 36.3 Å². The van der Waals surface area contributed by atoms with Gasteiger partial charge in [0, 0.05) is 42.3 Å². The van der Waals surface area contributed by atoms with Crippen LogP contribution in [0, 0.1) is 0 Å². The molecule has 1 heterocycles. The van der Waals surface area contributed by atoms with E-state index in [1.54, 1.807) is 24.1 Å². The first-order chi connectivity index (χ1) is 12.0. The van der Waals surface area contributed by atoms with Gasteiger partial charge in [-0.15, -0.1) is 0 Å². The van der Waals surface area contributed by atoms with Crippen molar-refractivity contribution in [1.82, 2.24) is 9.80 Å². The van der Waals surface area contributed by atoms with Crippen LogP contribution in [0.5, 0.6) is 5.75 Å². The summed E-state index contributed by atoms with van der Waals surface area (Å²) in [6.45, 7) is 2.81. The molecule has 4 nitrogen and oxygen atoms in total. The molecular weight excluding hydrogens is 359 g/mol. The second-order valence-corrected chi connectivity index (χ2v) is 7.00. The zero-order valence-corrected chi connectivity index (χ0v) is 15.6. The second-order valence-electron chi connectivity index (χ2n) is 6.15. The van der Waals surface area contributed by atoms with Crippen molar-refractivity contribution < 1.29 is 9.53 Å². The molecule has 0 radical (unpaired) electrons. The van der Waals surface area contributed by atoms with Crippen molar-refractivity contribution in [3.63, 3.8) is 0 Å². The van der Waals surface area contributed by atoms with Gasteiger partial charge in [0.25, 0.3) is 0 Å². The summed E-state index contributed by atoms with van der Waals surface area (Å²) in [4.78, 5) is 16.4. The van der Waals surface area contributed by atoms with Crippen molar-refractivity contribution in [2.75, 3.05) is 26.7 Å². The van der Waals surface area contributed by atoms with E-state index in [4.69, 9.17) is 27.9 Å². The fourth-order valence-corrected chi connectivity index (χ4v) is 3.29. The van der Waals surface area contributed by atoms with Gasteiger partial charge in [0.05, 0.1) is 6.54 Å². The van der Waals surface area contributed by atoms with Gasteiger partial charge in [0.1, 0.15) is 12.4 Å². The van der Waals surface area contributed by atoms with Crippen LogP contribution in [0.1, 0.15) is 11.1 Å². The number of likely N-dealkylation sites (N-methyl/N-ethyl adjacent to an activating group) is 1. The third kappa shape index (κ3) is 4.66. The number of carbonyl (C=O) groups excluding carboxylic acids is 1. The Labute approximate surface area is 157 Å². The summed E-state index contributed by atoms with van der Waals surface area (Å²) in [6.07, 6.45) is 0. The second kappa shape index (κ2) is 8.09. The Morgan fingerprint density at radius 1 is 1.24 bits per heavy atom. The summed E-state index contributed by atoms with van der Waals surface area (Å²) >= 11 is 12.1. The maximum Gasteiger partial charge on any atom is 0.236 e. The Bertz CT molecular complexity index is 767. The van der Waals surface area contributed by atoms with Crippen LogP contribution in [0.2, 0.25) is 10.0 Å². The van der Waals surface area contributed by atoms with Crippen molar-refractivity contribution in [3.05, 3.63) is 63.6 Å². The van der Waals surface area contributed by atoms with Crippen LogP contribution in [0.4, 0.5) is 0 Å². The molecule has 2 aromatic rings. The highest BCUT2D eigenvalue weighted by Crippen LogP contribution is 2.23. The lowest BCUT2D eigenvalue weighted by Crippen LogP contribution is -2.38. The molecule has 0 aliphatic carbocycles. The number of hydrogen-bond acceptors (Lipinski definition) is 3. The highest BCUT2D eigenvalue weighted by Gasteiger charge is 2.19. The molecule has 0 N–H and O–H groups in total. The van der Waals surface area contributed by atoms with E-state index in [9.17, 15) is 4.79 Å². The third-order valence-corrected chi connectivity index (χ3v) is 4.83. The Balaban J connectivity index is 1.61. The van der Waals surface area contributed by atoms with Gasteiger partial charge in [0.15, 0.2) is 0 Å². The van der Waals surface area contributed by atoms with E-state index in [2.05, 4.69) is 4.90 Å². The minimum Gasteiger partial charge on any atom is -0.492 e. The maximum atomic E-state index is 12.6. The molecule has 0 saturated heterocycles. The number of nitrogens with zero attached hydrogens (tertiary/aromatic N) is 2. The molecule has 0 unspecified atom stereocenters. The van der Waals surface area contributed by atoms with Gasteiger partial charge in [-0.3, -0.25) is 9.69 Å². The summed E-state index contributed by atoms with van der Waals surface area (Å²) in [6, 6.07) is 13.3. The van der Waals surface area contributed by atoms with Crippen LogP contribution >= 0.6 is 23.2 Å². The van der Waals surface area contributed by atoms with Crippen LogP contribution in [0.3, 0.4) is 0 Å². The molecular formula is C19H20Cl2N2O2. The zero-order chi connectivity index (χ0) is 17.8. The summed E-state index contributed by atoms with van der Waals surface area (Å²) in [5.74, 6) is 0.948. The van der Waals surface area contributed by atoms with E-state index in [1.807, 2.05) is 30.3 Å². The standard InChI is InChI=1S/C19H20Cl2N2O2/c1-22(11-14-6-7-16(20)10-17(14)21)19(24)13-23-8-9-25-18-5-3-2-4-15(18)12-23/h2-7,10H,8-9,11-13H2,1H3. The number of carbonyl (C=O) groups is 1. The predicted molar refractivity (Wildman–Crippen MR) is 100 cm³/mol. The van der Waals surface area contributed by atoms with Crippen LogP contribution in [-0.2, 0) is 17.9 Å². The van der Waals surface area contributed by atoms with Gasteiger partial charge in [-0.1, -0.05) is 47.5 Å². The molecule has 1 aliphatic heterocycles. The molecule has 3 rings (SSSR count). The van der Waals surface area contributed by atoms with Crippen molar-refractivity contribution in [2.45, 2.75) is 13.1 Å². The summed E-state index contributed by atoms with van der Waals surface area (Å²) < 4.78 is 5.75. The van der Waals surface area contributed by atoms with Crippen LogP contribution in [0.15, 0.2) is 42.5 Å². The minimum atomic E-state index is 0.0467. The molecule has 0 bridgehead atoms. The van der Waals surface area contributed by atoms with Gasteiger partial charge in [0.2, 0.25) is 5.91 Å². The number of benzene rings is 2. The number of hydrogen-bond donors (Lipinski definition) is 0. The number of amides is 1. The highest BCUT2D eigenvalue weighted by atomic mass is 35.5. The molecule has 25 heavy (non-hydrogen) atoms. The van der Waals surface area contributed by atoms with Crippen LogP contribution in [0.25, 0.3) is 0 Å². The fraction of sp³-hybridized carbons (Fsp3) is 0.316. The molecule has 0 fully saturated rings. The molecule has 1 aliphatic rings. The van der Waals surface area contributed by atoms with Crippen LogP contribution in [-0.4, -0.2) is 42.5 Å². The van der Waals surface area contributed by atoms with E-state index in [1.165, 1.54) is 0 Å². The monoisotopic (exact) mass is 378 g/mol. The van der Waals surface area contributed by atoms with Gasteiger partial charge in [-0.2, -0.15) is 0 Å². The maximum absolute atomic E-state index is 12.6. The van der Waals surface area contributed by atoms with E-state index in [-0.39, 0.29) is 5.91 Å². The Morgan fingerprint density at radius 3 is 2.84 bits per heavy atom. The summed E-state index contributed by atoms with van der Waals surface area (Å²) in [5, 5.41) is 1.16. The fourth-order valence-electron chi connectivity index (χ4n) is 2.82. The first kappa shape index (κ1) is 18.1. The lowest BCUT2D eigenvalue weighted by atomic mass is 10.2. The zero-order valence-electron chi connectivity index (χ0n) is 14.0. The average Bonchev–Trinajstić information content (AvgIpc) is 2.78. The number of fused-ring (bicyclic) bond motifs is 1. The quantitative estimate of drug-likeness (QED) is 0.809. The summed E-state index contributed by atoms with van der Waals surface area (Å²) in [7, 11) is 1.79. The molecule has 0 saturated carbocycles. The molecule has 6 heteroatoms. The van der Waals surface area contributed by atoms with Crippen LogP contribution < -0.4 is 4.74 Å². The lowest BCUT2D eigenvalue weighted by Gasteiger charge is -2.23. The normalized spacial score (nSPS) is 14.4. The van der Waals surface area contributed by atoms with Crippen molar-refractivity contribution in [1.29, 1.82) is 0 Å². The number of rotatable bonds is 4. The molecule has 2 aromatic carbocycles. The first-order valence-corrected chi connectivity index (χ1v) is 8.89. The number of para-hydroxylation sites is 1. The number of halogens is 2.